The van der Waals surface area contributed by atoms with Gasteiger partial charge in [0.2, 0.25) is 0 Å². The van der Waals surface area contributed by atoms with Crippen LogP contribution in [0.2, 0.25) is 0 Å². The van der Waals surface area contributed by atoms with Crippen LogP contribution in [-0.2, 0) is 19.4 Å². The summed E-state index contributed by atoms with van der Waals surface area (Å²) in [5, 5.41) is -0.182. The second-order valence-electron chi connectivity index (χ2n) is 4.78. The lowest BCUT2D eigenvalue weighted by Crippen LogP contribution is -2.39. The van der Waals surface area contributed by atoms with E-state index in [2.05, 4.69) is 4.90 Å². The van der Waals surface area contributed by atoms with Gasteiger partial charge < -0.3 is 9.64 Å². The molecule has 1 aliphatic heterocycles. The number of rotatable bonds is 6. The lowest BCUT2D eigenvalue weighted by Gasteiger charge is -2.30. The van der Waals surface area contributed by atoms with E-state index >= 15 is 0 Å². The fourth-order valence-electron chi connectivity index (χ4n) is 2.24. The van der Waals surface area contributed by atoms with Crippen molar-refractivity contribution in [1.29, 1.82) is 0 Å². The van der Waals surface area contributed by atoms with Gasteiger partial charge in [-0.15, -0.1) is 0 Å². The van der Waals surface area contributed by atoms with Gasteiger partial charge in [-0.25, -0.2) is 8.42 Å². The number of carbonyl (C=O) groups excluding carboxylic acids is 1. The molecule has 0 aromatic carbocycles. The minimum Gasteiger partial charge on any atom is -0.466 e. The highest BCUT2D eigenvalue weighted by atomic mass is 32.2. The fraction of sp³-hybridized carbons (Fsp3) is 0.917. The molecule has 0 spiro atoms. The molecule has 0 saturated carbocycles. The van der Waals surface area contributed by atoms with Crippen LogP contribution in [-0.4, -0.2) is 57.0 Å². The fourth-order valence-corrected chi connectivity index (χ4v) is 3.31. The standard InChI is InChI=1S/C12H23NO4S/c1-3-17-12(14)5-4-8-13-9-6-11(7-10-13)18(2,15)16/h11H,3-10H2,1-2H3. The van der Waals surface area contributed by atoms with Gasteiger partial charge in [-0.1, -0.05) is 0 Å². The highest BCUT2D eigenvalue weighted by molar-refractivity contribution is 7.91. The minimum absolute atomic E-state index is 0.150. The molecule has 0 amide bonds. The summed E-state index contributed by atoms with van der Waals surface area (Å²) >= 11 is 0. The molecule has 6 heteroatoms. The highest BCUT2D eigenvalue weighted by Crippen LogP contribution is 2.17. The van der Waals surface area contributed by atoms with E-state index in [0.29, 0.717) is 25.9 Å². The van der Waals surface area contributed by atoms with Crippen molar-refractivity contribution in [3.63, 3.8) is 0 Å². The Labute approximate surface area is 109 Å². The van der Waals surface area contributed by atoms with E-state index in [4.69, 9.17) is 4.74 Å². The number of hydrogen-bond donors (Lipinski definition) is 0. The van der Waals surface area contributed by atoms with Crippen molar-refractivity contribution in [2.24, 2.45) is 0 Å². The number of carbonyl (C=O) groups is 1. The molecule has 0 aliphatic carbocycles. The predicted octanol–water partition coefficient (Wildman–Crippen LogP) is 0.839. The zero-order valence-electron chi connectivity index (χ0n) is 11.2. The molecule has 1 fully saturated rings. The van der Waals surface area contributed by atoms with Crippen LogP contribution in [0.25, 0.3) is 0 Å². The topological polar surface area (TPSA) is 63.7 Å². The maximum Gasteiger partial charge on any atom is 0.305 e. The molecular formula is C12H23NO4S. The van der Waals surface area contributed by atoms with Gasteiger partial charge in [0.05, 0.1) is 11.9 Å². The van der Waals surface area contributed by atoms with Crippen molar-refractivity contribution in [2.75, 3.05) is 32.5 Å². The Morgan fingerprint density at radius 2 is 1.94 bits per heavy atom. The number of sulfone groups is 1. The third-order valence-electron chi connectivity index (χ3n) is 3.30. The Hall–Kier alpha value is -0.620. The van der Waals surface area contributed by atoms with Crippen LogP contribution < -0.4 is 0 Å². The summed E-state index contributed by atoms with van der Waals surface area (Å²) in [6.45, 7) is 4.68. The number of likely N-dealkylation sites (tertiary alicyclic amines) is 1. The number of nitrogens with zero attached hydrogens (tertiary/aromatic N) is 1. The molecule has 1 rings (SSSR count). The maximum atomic E-state index is 11.4. The molecule has 0 aromatic rings. The Kier molecular flexibility index (Phi) is 6.08. The van der Waals surface area contributed by atoms with Gasteiger partial charge in [0, 0.05) is 12.7 Å². The van der Waals surface area contributed by atoms with Gasteiger partial charge in [0.15, 0.2) is 0 Å². The summed E-state index contributed by atoms with van der Waals surface area (Å²) in [7, 11) is -2.89. The smallest absolute Gasteiger partial charge is 0.305 e. The highest BCUT2D eigenvalue weighted by Gasteiger charge is 2.26. The summed E-state index contributed by atoms with van der Waals surface area (Å²) in [5.74, 6) is -0.150. The summed E-state index contributed by atoms with van der Waals surface area (Å²) in [6.07, 6.45) is 3.95. The Bertz CT molecular complexity index is 358. The molecular weight excluding hydrogens is 254 g/mol. The zero-order chi connectivity index (χ0) is 13.6. The lowest BCUT2D eigenvalue weighted by molar-refractivity contribution is -0.143. The summed E-state index contributed by atoms with van der Waals surface area (Å²) in [5.41, 5.74) is 0. The molecule has 0 N–H and O–H groups in total. The maximum absolute atomic E-state index is 11.4. The molecule has 0 radical (unpaired) electrons. The molecule has 1 heterocycles. The van der Waals surface area contributed by atoms with E-state index in [1.165, 1.54) is 6.26 Å². The minimum atomic E-state index is -2.89. The van der Waals surface area contributed by atoms with Crippen molar-refractivity contribution < 1.29 is 17.9 Å². The first-order valence-corrected chi connectivity index (χ1v) is 8.45. The molecule has 106 valence electrons. The molecule has 0 aromatic heterocycles. The molecule has 0 bridgehead atoms. The first kappa shape index (κ1) is 15.4. The average Bonchev–Trinajstić information content (AvgIpc) is 2.29. The number of hydrogen-bond acceptors (Lipinski definition) is 5. The third-order valence-corrected chi connectivity index (χ3v) is 4.98. The summed E-state index contributed by atoms with van der Waals surface area (Å²) < 4.78 is 27.6. The number of esters is 1. The third kappa shape index (κ3) is 5.35. The zero-order valence-corrected chi connectivity index (χ0v) is 12.0. The molecule has 0 atom stereocenters. The Morgan fingerprint density at radius 1 is 1.33 bits per heavy atom. The second kappa shape index (κ2) is 7.09. The largest absolute Gasteiger partial charge is 0.466 e. The molecule has 1 saturated heterocycles. The van der Waals surface area contributed by atoms with E-state index in [9.17, 15) is 13.2 Å². The quantitative estimate of drug-likeness (QED) is 0.673. The van der Waals surface area contributed by atoms with Gasteiger partial charge in [0.25, 0.3) is 0 Å². The second-order valence-corrected chi connectivity index (χ2v) is 7.10. The normalized spacial score (nSPS) is 18.8. The van der Waals surface area contributed by atoms with Crippen molar-refractivity contribution in [3.05, 3.63) is 0 Å². The van der Waals surface area contributed by atoms with Gasteiger partial charge >= 0.3 is 5.97 Å². The van der Waals surface area contributed by atoms with E-state index in [-0.39, 0.29) is 11.2 Å². The predicted molar refractivity (Wildman–Crippen MR) is 70.2 cm³/mol. The lowest BCUT2D eigenvalue weighted by atomic mass is 10.1. The summed E-state index contributed by atoms with van der Waals surface area (Å²) in [4.78, 5) is 13.4. The van der Waals surface area contributed by atoms with E-state index in [1.54, 1.807) is 6.92 Å². The van der Waals surface area contributed by atoms with Crippen LogP contribution in [0, 0.1) is 0 Å². The average molecular weight is 277 g/mol. The van der Waals surface area contributed by atoms with Crippen LogP contribution in [0.15, 0.2) is 0 Å². The van der Waals surface area contributed by atoms with Gasteiger partial charge in [0.1, 0.15) is 9.84 Å². The van der Waals surface area contributed by atoms with Gasteiger partial charge in [-0.05, 0) is 45.8 Å². The van der Waals surface area contributed by atoms with Crippen LogP contribution in [0.3, 0.4) is 0 Å². The number of ether oxygens (including phenoxy) is 1. The van der Waals surface area contributed by atoms with Gasteiger partial charge in [-0.3, -0.25) is 4.79 Å². The van der Waals surface area contributed by atoms with Crippen molar-refractivity contribution in [3.8, 4) is 0 Å². The van der Waals surface area contributed by atoms with Crippen molar-refractivity contribution in [1.82, 2.24) is 4.90 Å². The summed E-state index contributed by atoms with van der Waals surface area (Å²) in [6, 6.07) is 0. The van der Waals surface area contributed by atoms with Crippen molar-refractivity contribution in [2.45, 2.75) is 37.9 Å². The molecule has 0 unspecified atom stereocenters. The van der Waals surface area contributed by atoms with Crippen LogP contribution in [0.5, 0.6) is 0 Å². The first-order valence-electron chi connectivity index (χ1n) is 6.50. The number of piperidine rings is 1. The van der Waals surface area contributed by atoms with Crippen LogP contribution in [0.1, 0.15) is 32.6 Å². The SMILES string of the molecule is CCOC(=O)CCCN1CCC(S(C)(=O)=O)CC1. The van der Waals surface area contributed by atoms with E-state index in [1.807, 2.05) is 0 Å². The van der Waals surface area contributed by atoms with Gasteiger partial charge in [-0.2, -0.15) is 0 Å². The monoisotopic (exact) mass is 277 g/mol. The van der Waals surface area contributed by atoms with E-state index < -0.39 is 9.84 Å². The Morgan fingerprint density at radius 3 is 2.44 bits per heavy atom. The molecule has 5 nitrogen and oxygen atoms in total. The van der Waals surface area contributed by atoms with E-state index in [0.717, 1.165) is 26.1 Å². The van der Waals surface area contributed by atoms with Crippen LogP contribution >= 0.6 is 0 Å². The molecule has 18 heavy (non-hydrogen) atoms. The molecule has 1 aliphatic rings. The Balaban J connectivity index is 2.18. The first-order chi connectivity index (χ1) is 8.43. The van der Waals surface area contributed by atoms with Crippen LogP contribution in [0.4, 0.5) is 0 Å². The van der Waals surface area contributed by atoms with Crippen molar-refractivity contribution >= 4 is 15.8 Å².